The molecule has 118 valence electrons. The lowest BCUT2D eigenvalue weighted by Crippen LogP contribution is -2.43. The molecular formula is C16H28N4S. The Morgan fingerprint density at radius 2 is 2.24 bits per heavy atom. The van der Waals surface area contributed by atoms with Crippen LogP contribution in [0.2, 0.25) is 0 Å². The van der Waals surface area contributed by atoms with Gasteiger partial charge in [-0.25, -0.2) is 0 Å². The van der Waals surface area contributed by atoms with Gasteiger partial charge in [-0.05, 0) is 51.1 Å². The first-order valence-electron chi connectivity index (χ1n) is 7.94. The third kappa shape index (κ3) is 4.71. The molecule has 0 aliphatic carbocycles. The number of hydrogen-bond donors (Lipinski definition) is 2. The SMILES string of the molecule is CCNC(=NCC(C)N1CCc2sccc2C1)NC(C)C. The van der Waals surface area contributed by atoms with Gasteiger partial charge in [0.1, 0.15) is 0 Å². The van der Waals surface area contributed by atoms with Crippen molar-refractivity contribution >= 4 is 17.3 Å². The second kappa shape index (κ2) is 7.80. The monoisotopic (exact) mass is 308 g/mol. The highest BCUT2D eigenvalue weighted by atomic mass is 32.1. The van der Waals surface area contributed by atoms with E-state index in [9.17, 15) is 0 Å². The van der Waals surface area contributed by atoms with Crippen LogP contribution in [0.5, 0.6) is 0 Å². The Kier molecular flexibility index (Phi) is 6.06. The molecule has 1 atom stereocenters. The number of guanidine groups is 1. The summed E-state index contributed by atoms with van der Waals surface area (Å²) in [4.78, 5) is 8.83. The van der Waals surface area contributed by atoms with Crippen LogP contribution in [0.15, 0.2) is 16.4 Å². The summed E-state index contributed by atoms with van der Waals surface area (Å²) in [5.74, 6) is 0.924. The first-order valence-corrected chi connectivity index (χ1v) is 8.82. The summed E-state index contributed by atoms with van der Waals surface area (Å²) in [5, 5.41) is 8.89. The minimum atomic E-state index is 0.404. The van der Waals surface area contributed by atoms with Crippen molar-refractivity contribution in [1.82, 2.24) is 15.5 Å². The average molecular weight is 308 g/mol. The maximum atomic E-state index is 4.73. The van der Waals surface area contributed by atoms with Crippen LogP contribution in [0.25, 0.3) is 0 Å². The zero-order chi connectivity index (χ0) is 15.2. The van der Waals surface area contributed by atoms with Crippen LogP contribution in [-0.4, -0.2) is 42.6 Å². The smallest absolute Gasteiger partial charge is 0.191 e. The molecule has 0 saturated carbocycles. The van der Waals surface area contributed by atoms with Crippen molar-refractivity contribution < 1.29 is 0 Å². The lowest BCUT2D eigenvalue weighted by Gasteiger charge is -2.31. The van der Waals surface area contributed by atoms with Gasteiger partial charge in [0.15, 0.2) is 5.96 Å². The van der Waals surface area contributed by atoms with Gasteiger partial charge in [-0.2, -0.15) is 0 Å². The van der Waals surface area contributed by atoms with E-state index in [-0.39, 0.29) is 0 Å². The summed E-state index contributed by atoms with van der Waals surface area (Å²) >= 11 is 1.90. The van der Waals surface area contributed by atoms with E-state index >= 15 is 0 Å². The van der Waals surface area contributed by atoms with Gasteiger partial charge in [0.2, 0.25) is 0 Å². The molecule has 2 N–H and O–H groups in total. The molecule has 0 spiro atoms. The Labute approximate surface area is 132 Å². The highest BCUT2D eigenvalue weighted by Gasteiger charge is 2.21. The highest BCUT2D eigenvalue weighted by molar-refractivity contribution is 7.10. The molecule has 5 heteroatoms. The molecule has 21 heavy (non-hydrogen) atoms. The Morgan fingerprint density at radius 3 is 2.95 bits per heavy atom. The zero-order valence-corrected chi connectivity index (χ0v) is 14.5. The molecule has 0 bridgehead atoms. The predicted molar refractivity (Wildman–Crippen MR) is 92.1 cm³/mol. The molecule has 0 saturated heterocycles. The number of thiophene rings is 1. The fourth-order valence-corrected chi connectivity index (χ4v) is 3.47. The minimum absolute atomic E-state index is 0.404. The summed E-state index contributed by atoms with van der Waals surface area (Å²) in [6, 6.07) is 3.15. The molecule has 0 radical (unpaired) electrons. The number of rotatable bonds is 5. The Hall–Kier alpha value is -1.07. The molecule has 1 aromatic rings. The quantitative estimate of drug-likeness (QED) is 0.648. The molecular weight excluding hydrogens is 280 g/mol. The van der Waals surface area contributed by atoms with Crippen molar-refractivity contribution in [3.8, 4) is 0 Å². The summed E-state index contributed by atoms with van der Waals surface area (Å²) < 4.78 is 0. The van der Waals surface area contributed by atoms with Gasteiger partial charge < -0.3 is 10.6 Å². The van der Waals surface area contributed by atoms with E-state index in [0.29, 0.717) is 12.1 Å². The molecule has 1 unspecified atom stereocenters. The van der Waals surface area contributed by atoms with Gasteiger partial charge in [0.25, 0.3) is 0 Å². The summed E-state index contributed by atoms with van der Waals surface area (Å²) in [7, 11) is 0. The highest BCUT2D eigenvalue weighted by Crippen LogP contribution is 2.25. The first-order chi connectivity index (χ1) is 10.1. The van der Waals surface area contributed by atoms with Gasteiger partial charge in [-0.3, -0.25) is 9.89 Å². The fourth-order valence-electron chi connectivity index (χ4n) is 2.58. The number of fused-ring (bicyclic) bond motifs is 1. The second-order valence-electron chi connectivity index (χ2n) is 5.96. The minimum Gasteiger partial charge on any atom is -0.357 e. The Balaban J connectivity index is 1.90. The normalized spacial score (nSPS) is 17.7. The maximum absolute atomic E-state index is 4.73. The van der Waals surface area contributed by atoms with Crippen molar-refractivity contribution in [2.45, 2.75) is 52.7 Å². The van der Waals surface area contributed by atoms with Gasteiger partial charge in [-0.1, -0.05) is 0 Å². The molecule has 0 aromatic carbocycles. The third-order valence-corrected chi connectivity index (χ3v) is 4.77. The van der Waals surface area contributed by atoms with E-state index in [1.54, 1.807) is 4.88 Å². The summed E-state index contributed by atoms with van der Waals surface area (Å²) in [6.45, 7) is 12.6. The van der Waals surface area contributed by atoms with Gasteiger partial charge in [0, 0.05) is 36.6 Å². The van der Waals surface area contributed by atoms with Gasteiger partial charge in [0.05, 0.1) is 6.54 Å². The fraction of sp³-hybridized carbons (Fsp3) is 0.688. The number of aliphatic imine (C=N–C) groups is 1. The van der Waals surface area contributed by atoms with Crippen molar-refractivity contribution in [3.63, 3.8) is 0 Å². The maximum Gasteiger partial charge on any atom is 0.191 e. The topological polar surface area (TPSA) is 39.7 Å². The standard InChI is InChI=1S/C16H28N4S/c1-5-17-16(19-12(2)3)18-10-13(4)20-8-6-15-14(11-20)7-9-21-15/h7,9,12-13H,5-6,8,10-11H2,1-4H3,(H2,17,18,19). The average Bonchev–Trinajstić information content (AvgIpc) is 2.91. The number of nitrogens with one attached hydrogen (secondary N) is 2. The van der Waals surface area contributed by atoms with Crippen LogP contribution in [0.1, 0.15) is 38.1 Å². The number of nitrogens with zero attached hydrogens (tertiary/aromatic N) is 2. The van der Waals surface area contributed by atoms with Gasteiger partial charge >= 0.3 is 0 Å². The summed E-state index contributed by atoms with van der Waals surface area (Å²) in [5.41, 5.74) is 1.51. The third-order valence-electron chi connectivity index (χ3n) is 3.74. The van der Waals surface area contributed by atoms with E-state index in [2.05, 4.69) is 54.7 Å². The van der Waals surface area contributed by atoms with Crippen LogP contribution in [0.3, 0.4) is 0 Å². The Bertz CT molecular complexity index is 467. The summed E-state index contributed by atoms with van der Waals surface area (Å²) in [6.07, 6.45) is 1.19. The predicted octanol–water partition coefficient (Wildman–Crippen LogP) is 2.46. The van der Waals surface area contributed by atoms with E-state index in [0.717, 1.165) is 32.1 Å². The van der Waals surface area contributed by atoms with Crippen molar-refractivity contribution in [3.05, 3.63) is 21.9 Å². The molecule has 0 amide bonds. The molecule has 2 heterocycles. The van der Waals surface area contributed by atoms with Crippen LogP contribution in [0, 0.1) is 0 Å². The van der Waals surface area contributed by atoms with E-state index < -0.39 is 0 Å². The molecule has 2 rings (SSSR count). The zero-order valence-electron chi connectivity index (χ0n) is 13.6. The van der Waals surface area contributed by atoms with Crippen molar-refractivity contribution in [2.75, 3.05) is 19.6 Å². The van der Waals surface area contributed by atoms with Crippen LogP contribution >= 0.6 is 11.3 Å². The molecule has 0 fully saturated rings. The second-order valence-corrected chi connectivity index (χ2v) is 6.96. The molecule has 4 nitrogen and oxygen atoms in total. The Morgan fingerprint density at radius 1 is 1.43 bits per heavy atom. The molecule has 1 aliphatic heterocycles. The van der Waals surface area contributed by atoms with E-state index in [1.165, 1.54) is 12.0 Å². The molecule has 1 aromatic heterocycles. The van der Waals surface area contributed by atoms with Crippen LogP contribution in [-0.2, 0) is 13.0 Å². The van der Waals surface area contributed by atoms with Gasteiger partial charge in [-0.15, -0.1) is 11.3 Å². The first kappa shape index (κ1) is 16.3. The van der Waals surface area contributed by atoms with Crippen molar-refractivity contribution in [2.24, 2.45) is 4.99 Å². The van der Waals surface area contributed by atoms with E-state index in [4.69, 9.17) is 4.99 Å². The lowest BCUT2D eigenvalue weighted by atomic mass is 10.1. The van der Waals surface area contributed by atoms with Crippen LogP contribution < -0.4 is 10.6 Å². The van der Waals surface area contributed by atoms with Crippen molar-refractivity contribution in [1.29, 1.82) is 0 Å². The van der Waals surface area contributed by atoms with Crippen LogP contribution in [0.4, 0.5) is 0 Å². The number of hydrogen-bond acceptors (Lipinski definition) is 3. The van der Waals surface area contributed by atoms with E-state index in [1.807, 2.05) is 11.3 Å². The lowest BCUT2D eigenvalue weighted by molar-refractivity contribution is 0.197. The molecule has 1 aliphatic rings. The largest absolute Gasteiger partial charge is 0.357 e.